The Morgan fingerprint density at radius 3 is 2.56 bits per heavy atom. The maximum Gasteiger partial charge on any atom is 0.323 e. The number of carbonyl (C=O) groups is 1. The molecule has 0 heterocycles. The van der Waals surface area contributed by atoms with Crippen molar-refractivity contribution in [2.24, 2.45) is 0 Å². The van der Waals surface area contributed by atoms with Gasteiger partial charge in [-0.2, -0.15) is 0 Å². The molecule has 1 aromatic rings. The van der Waals surface area contributed by atoms with Crippen LogP contribution in [0.15, 0.2) is 30.3 Å². The predicted octanol–water partition coefficient (Wildman–Crippen LogP) is 2.43. The molecule has 5 nitrogen and oxygen atoms in total. The third-order valence-electron chi connectivity index (χ3n) is 2.09. The average molecular weight is 271 g/mol. The van der Waals surface area contributed by atoms with Crippen molar-refractivity contribution in [3.8, 4) is 5.75 Å². The van der Waals surface area contributed by atoms with E-state index in [0.717, 1.165) is 0 Å². The molecule has 6 heteroatoms. The Balaban J connectivity index is 2.59. The van der Waals surface area contributed by atoms with Gasteiger partial charge in [-0.25, -0.2) is 5.09 Å². The van der Waals surface area contributed by atoms with Gasteiger partial charge in [0.05, 0.1) is 6.61 Å². The summed E-state index contributed by atoms with van der Waals surface area (Å²) in [4.78, 5) is 11.4. The van der Waals surface area contributed by atoms with Gasteiger partial charge in [0.1, 0.15) is 11.8 Å². The Hall–Kier alpha value is -1.32. The molecule has 0 spiro atoms. The van der Waals surface area contributed by atoms with Crippen molar-refractivity contribution < 1.29 is 18.6 Å². The van der Waals surface area contributed by atoms with Crippen LogP contribution in [0.4, 0.5) is 0 Å². The summed E-state index contributed by atoms with van der Waals surface area (Å²) in [6.45, 7) is 5.02. The minimum Gasteiger partial charge on any atom is -0.465 e. The second-order valence-electron chi connectivity index (χ2n) is 3.85. The molecule has 2 atom stereocenters. The molecule has 0 saturated carbocycles. The van der Waals surface area contributed by atoms with Crippen LogP contribution in [0.3, 0.4) is 0 Å². The molecule has 0 aliphatic heterocycles. The fourth-order valence-corrected chi connectivity index (χ4v) is 2.77. The zero-order valence-corrected chi connectivity index (χ0v) is 11.6. The molecular weight excluding hydrogens is 253 g/mol. The van der Waals surface area contributed by atoms with Crippen LogP contribution >= 0.6 is 7.52 Å². The molecule has 0 saturated heterocycles. The number of hydrogen-bond acceptors (Lipinski definition) is 4. The summed E-state index contributed by atoms with van der Waals surface area (Å²) in [7, 11) is -3.10. The SMILES string of the molecule is CCOC(=O)[C@@H](C)NP(C)(=O)Oc1ccccc1. The van der Waals surface area contributed by atoms with E-state index >= 15 is 0 Å². The van der Waals surface area contributed by atoms with Gasteiger partial charge in [0.2, 0.25) is 0 Å². The Morgan fingerprint density at radius 1 is 1.39 bits per heavy atom. The van der Waals surface area contributed by atoms with Gasteiger partial charge in [0, 0.05) is 6.66 Å². The number of hydrogen-bond donors (Lipinski definition) is 1. The Kier molecular flexibility index (Phi) is 5.38. The van der Waals surface area contributed by atoms with Gasteiger partial charge in [-0.15, -0.1) is 0 Å². The Morgan fingerprint density at radius 2 is 2.00 bits per heavy atom. The number of nitrogens with one attached hydrogen (secondary N) is 1. The summed E-state index contributed by atoms with van der Waals surface area (Å²) < 4.78 is 22.3. The fraction of sp³-hybridized carbons (Fsp3) is 0.417. The van der Waals surface area contributed by atoms with Crippen molar-refractivity contribution in [2.75, 3.05) is 13.3 Å². The smallest absolute Gasteiger partial charge is 0.323 e. The summed E-state index contributed by atoms with van der Waals surface area (Å²) in [5.41, 5.74) is 0. The highest BCUT2D eigenvalue weighted by molar-refractivity contribution is 7.56. The third kappa shape index (κ3) is 4.90. The number of carbonyl (C=O) groups excluding carboxylic acids is 1. The largest absolute Gasteiger partial charge is 0.465 e. The molecule has 18 heavy (non-hydrogen) atoms. The van der Waals surface area contributed by atoms with Gasteiger partial charge < -0.3 is 9.26 Å². The maximum absolute atomic E-state index is 12.2. The lowest BCUT2D eigenvalue weighted by molar-refractivity contribution is -0.144. The molecule has 1 unspecified atom stereocenters. The van der Waals surface area contributed by atoms with Crippen LogP contribution in [0.1, 0.15) is 13.8 Å². The van der Waals surface area contributed by atoms with Crippen LogP contribution < -0.4 is 9.61 Å². The van der Waals surface area contributed by atoms with Crippen molar-refractivity contribution >= 4 is 13.5 Å². The van der Waals surface area contributed by atoms with Gasteiger partial charge in [-0.05, 0) is 26.0 Å². The minimum atomic E-state index is -3.10. The normalized spacial score (nSPS) is 15.5. The van der Waals surface area contributed by atoms with E-state index in [1.807, 2.05) is 6.07 Å². The van der Waals surface area contributed by atoms with Crippen LogP contribution in [-0.4, -0.2) is 25.3 Å². The van der Waals surface area contributed by atoms with Crippen LogP contribution in [0.25, 0.3) is 0 Å². The molecular formula is C12H18NO4P. The molecule has 0 bridgehead atoms. The average Bonchev–Trinajstić information content (AvgIpc) is 2.29. The molecule has 1 rings (SSSR count). The minimum absolute atomic E-state index is 0.290. The van der Waals surface area contributed by atoms with E-state index in [1.165, 1.54) is 6.66 Å². The van der Waals surface area contributed by atoms with Crippen LogP contribution in [0.2, 0.25) is 0 Å². The first-order valence-electron chi connectivity index (χ1n) is 5.71. The predicted molar refractivity (Wildman–Crippen MR) is 69.8 cm³/mol. The molecule has 0 aliphatic rings. The third-order valence-corrected chi connectivity index (χ3v) is 3.51. The monoisotopic (exact) mass is 271 g/mol. The lowest BCUT2D eigenvalue weighted by atomic mass is 10.3. The second kappa shape index (κ2) is 6.57. The van der Waals surface area contributed by atoms with Crippen molar-refractivity contribution in [3.05, 3.63) is 30.3 Å². The molecule has 100 valence electrons. The van der Waals surface area contributed by atoms with E-state index in [1.54, 1.807) is 38.1 Å². The lowest BCUT2D eigenvalue weighted by Crippen LogP contribution is -2.34. The topological polar surface area (TPSA) is 64.6 Å². The van der Waals surface area contributed by atoms with E-state index in [4.69, 9.17) is 9.26 Å². The van der Waals surface area contributed by atoms with Crippen LogP contribution in [0, 0.1) is 0 Å². The maximum atomic E-state index is 12.2. The standard InChI is InChI=1S/C12H18NO4P/c1-4-16-12(14)10(2)13-18(3,15)17-11-8-6-5-7-9-11/h5-10H,4H2,1-3H3,(H,13,15)/t10-,18?/m1/s1. The molecule has 0 fully saturated rings. The Labute approximate surface area is 107 Å². The lowest BCUT2D eigenvalue weighted by Gasteiger charge is -2.20. The summed E-state index contributed by atoms with van der Waals surface area (Å²) in [5, 5.41) is 2.65. The van der Waals surface area contributed by atoms with Crippen molar-refractivity contribution in [3.63, 3.8) is 0 Å². The van der Waals surface area contributed by atoms with Crippen molar-refractivity contribution in [1.29, 1.82) is 0 Å². The first kappa shape index (κ1) is 14.7. The fourth-order valence-electron chi connectivity index (χ4n) is 1.38. The van der Waals surface area contributed by atoms with Gasteiger partial charge in [0.25, 0.3) is 0 Å². The van der Waals surface area contributed by atoms with Crippen LogP contribution in [0.5, 0.6) is 5.75 Å². The van der Waals surface area contributed by atoms with E-state index in [0.29, 0.717) is 12.4 Å². The zero-order valence-electron chi connectivity index (χ0n) is 10.8. The highest BCUT2D eigenvalue weighted by Gasteiger charge is 2.25. The zero-order chi connectivity index (χ0) is 13.6. The Bertz CT molecular complexity index is 435. The molecule has 1 aromatic carbocycles. The molecule has 0 amide bonds. The molecule has 1 N–H and O–H groups in total. The first-order valence-corrected chi connectivity index (χ1v) is 7.78. The van der Waals surface area contributed by atoms with Crippen molar-refractivity contribution in [1.82, 2.24) is 5.09 Å². The molecule has 0 aromatic heterocycles. The highest BCUT2D eigenvalue weighted by Crippen LogP contribution is 2.39. The summed E-state index contributed by atoms with van der Waals surface area (Å²) in [5.74, 6) is 0.0446. The quantitative estimate of drug-likeness (QED) is 0.636. The number of ether oxygens (including phenoxy) is 1. The highest BCUT2D eigenvalue weighted by atomic mass is 31.2. The van der Waals surface area contributed by atoms with Gasteiger partial charge in [-0.3, -0.25) is 9.36 Å². The second-order valence-corrected chi connectivity index (χ2v) is 5.99. The number of esters is 1. The number of rotatable bonds is 6. The number of benzene rings is 1. The summed E-state index contributed by atoms with van der Waals surface area (Å²) >= 11 is 0. The van der Waals surface area contributed by atoms with Crippen molar-refractivity contribution in [2.45, 2.75) is 19.9 Å². The van der Waals surface area contributed by atoms with E-state index in [-0.39, 0.29) is 0 Å². The van der Waals surface area contributed by atoms with E-state index in [9.17, 15) is 9.36 Å². The van der Waals surface area contributed by atoms with Gasteiger partial charge in [-0.1, -0.05) is 18.2 Å². The summed E-state index contributed by atoms with van der Waals surface area (Å²) in [6.07, 6.45) is 0. The molecule has 0 aliphatic carbocycles. The first-order chi connectivity index (χ1) is 8.44. The van der Waals surface area contributed by atoms with Gasteiger partial charge in [0.15, 0.2) is 0 Å². The summed E-state index contributed by atoms with van der Waals surface area (Å²) in [6, 6.07) is 8.13. The van der Waals surface area contributed by atoms with Crippen LogP contribution in [-0.2, 0) is 14.1 Å². The number of para-hydroxylation sites is 1. The van der Waals surface area contributed by atoms with Gasteiger partial charge >= 0.3 is 13.5 Å². The molecule has 0 radical (unpaired) electrons. The van der Waals surface area contributed by atoms with E-state index < -0.39 is 19.5 Å². The van der Waals surface area contributed by atoms with E-state index in [2.05, 4.69) is 5.09 Å².